The van der Waals surface area contributed by atoms with Gasteiger partial charge in [-0.3, -0.25) is 4.79 Å². The lowest BCUT2D eigenvalue weighted by molar-refractivity contribution is 0.102. The fraction of sp³-hybridized carbons (Fsp3) is 0.188. The quantitative estimate of drug-likeness (QED) is 0.839. The van der Waals surface area contributed by atoms with Gasteiger partial charge in [-0.15, -0.1) is 0 Å². The van der Waals surface area contributed by atoms with Crippen LogP contribution in [0.2, 0.25) is 0 Å². The highest BCUT2D eigenvalue weighted by Gasteiger charge is 2.10. The van der Waals surface area contributed by atoms with Crippen molar-refractivity contribution in [3.8, 4) is 5.75 Å². The molecule has 1 amide bonds. The van der Waals surface area contributed by atoms with Gasteiger partial charge >= 0.3 is 0 Å². The van der Waals surface area contributed by atoms with Gasteiger partial charge in [0.25, 0.3) is 5.91 Å². The number of methoxy groups -OCH3 is 1. The Morgan fingerprint density at radius 1 is 1.20 bits per heavy atom. The van der Waals surface area contributed by atoms with Crippen LogP contribution in [0, 0.1) is 0 Å². The Hall–Kier alpha value is -2.49. The normalized spacial score (nSPS) is 10.1. The zero-order valence-corrected chi connectivity index (χ0v) is 11.6. The van der Waals surface area contributed by atoms with Crippen molar-refractivity contribution in [3.05, 3.63) is 53.6 Å². The van der Waals surface area contributed by atoms with Gasteiger partial charge in [0.15, 0.2) is 0 Å². The molecule has 4 nitrogen and oxygen atoms in total. The number of nitrogens with one attached hydrogen (secondary N) is 1. The molecule has 0 atom stereocenters. The summed E-state index contributed by atoms with van der Waals surface area (Å²) in [6, 6.07) is 12.7. The molecule has 0 fully saturated rings. The maximum Gasteiger partial charge on any atom is 0.255 e. The van der Waals surface area contributed by atoms with E-state index in [2.05, 4.69) is 12.2 Å². The smallest absolute Gasteiger partial charge is 0.255 e. The summed E-state index contributed by atoms with van der Waals surface area (Å²) in [6.07, 6.45) is 0.949. The maximum atomic E-state index is 12.2. The van der Waals surface area contributed by atoms with Gasteiger partial charge < -0.3 is 15.8 Å². The number of hydrogen-bond donors (Lipinski definition) is 2. The van der Waals surface area contributed by atoms with E-state index < -0.39 is 0 Å². The lowest BCUT2D eigenvalue weighted by Crippen LogP contribution is -2.12. The molecule has 4 heteroatoms. The fourth-order valence-electron chi connectivity index (χ4n) is 1.91. The molecule has 20 heavy (non-hydrogen) atoms. The highest BCUT2D eigenvalue weighted by atomic mass is 16.5. The zero-order chi connectivity index (χ0) is 14.5. The predicted octanol–water partition coefficient (Wildman–Crippen LogP) is 3.09. The van der Waals surface area contributed by atoms with E-state index in [1.165, 1.54) is 5.56 Å². The highest BCUT2D eigenvalue weighted by Crippen LogP contribution is 2.27. The number of anilines is 2. The number of hydrogen-bond acceptors (Lipinski definition) is 3. The van der Waals surface area contributed by atoms with Crippen LogP contribution in [0.25, 0.3) is 0 Å². The second-order valence-electron chi connectivity index (χ2n) is 4.46. The molecule has 0 aliphatic heterocycles. The minimum atomic E-state index is -0.184. The van der Waals surface area contributed by atoms with Gasteiger partial charge in [-0.25, -0.2) is 0 Å². The Balaban J connectivity index is 2.20. The van der Waals surface area contributed by atoms with Crippen LogP contribution in [0.3, 0.4) is 0 Å². The summed E-state index contributed by atoms with van der Waals surface area (Å²) in [7, 11) is 1.55. The summed E-state index contributed by atoms with van der Waals surface area (Å²) in [6.45, 7) is 2.08. The summed E-state index contributed by atoms with van der Waals surface area (Å²) >= 11 is 0. The molecule has 2 rings (SSSR count). The molecule has 2 aromatic rings. The molecule has 0 aromatic heterocycles. The minimum absolute atomic E-state index is 0.184. The molecule has 3 N–H and O–H groups in total. The van der Waals surface area contributed by atoms with Gasteiger partial charge in [0.2, 0.25) is 0 Å². The number of nitrogens with two attached hydrogens (primary N) is 1. The van der Waals surface area contributed by atoms with Crippen LogP contribution < -0.4 is 15.8 Å². The van der Waals surface area contributed by atoms with E-state index in [4.69, 9.17) is 10.5 Å². The molecular formula is C16H18N2O2. The van der Waals surface area contributed by atoms with Crippen LogP contribution in [-0.2, 0) is 6.42 Å². The van der Waals surface area contributed by atoms with Gasteiger partial charge in [-0.2, -0.15) is 0 Å². The number of aryl methyl sites for hydroxylation is 1. The van der Waals surface area contributed by atoms with Gasteiger partial charge in [-0.05, 0) is 42.3 Å². The van der Waals surface area contributed by atoms with E-state index in [-0.39, 0.29) is 5.91 Å². The van der Waals surface area contributed by atoms with E-state index in [0.29, 0.717) is 22.7 Å². The highest BCUT2D eigenvalue weighted by molar-refractivity contribution is 6.05. The average molecular weight is 270 g/mol. The number of carbonyl (C=O) groups is 1. The van der Waals surface area contributed by atoms with Gasteiger partial charge in [0.1, 0.15) is 5.75 Å². The Labute approximate surface area is 118 Å². The third-order valence-electron chi connectivity index (χ3n) is 3.10. The van der Waals surface area contributed by atoms with E-state index >= 15 is 0 Å². The molecule has 0 radical (unpaired) electrons. The lowest BCUT2D eigenvalue weighted by Gasteiger charge is -2.11. The largest absolute Gasteiger partial charge is 0.495 e. The van der Waals surface area contributed by atoms with E-state index in [9.17, 15) is 4.79 Å². The molecule has 104 valence electrons. The topological polar surface area (TPSA) is 64.4 Å². The number of benzene rings is 2. The second-order valence-corrected chi connectivity index (χ2v) is 4.46. The van der Waals surface area contributed by atoms with Gasteiger partial charge in [0.05, 0.1) is 12.8 Å². The van der Waals surface area contributed by atoms with Crippen LogP contribution in [-0.4, -0.2) is 13.0 Å². The summed E-state index contributed by atoms with van der Waals surface area (Å²) in [5, 5.41) is 2.81. The van der Waals surface area contributed by atoms with Crippen molar-refractivity contribution < 1.29 is 9.53 Å². The zero-order valence-electron chi connectivity index (χ0n) is 11.6. The third kappa shape index (κ3) is 3.09. The molecule has 0 unspecified atom stereocenters. The Bertz CT molecular complexity index is 606. The average Bonchev–Trinajstić information content (AvgIpc) is 2.47. The summed E-state index contributed by atoms with van der Waals surface area (Å²) < 4.78 is 5.20. The SMILES string of the molecule is CCc1ccc(C(=O)Nc2cc(N)ccc2OC)cc1. The first-order chi connectivity index (χ1) is 9.63. The van der Waals surface area contributed by atoms with E-state index in [0.717, 1.165) is 6.42 Å². The number of rotatable bonds is 4. The van der Waals surface area contributed by atoms with Crippen molar-refractivity contribution in [2.24, 2.45) is 0 Å². The molecule has 0 aliphatic rings. The lowest BCUT2D eigenvalue weighted by atomic mass is 10.1. The third-order valence-corrected chi connectivity index (χ3v) is 3.10. The second kappa shape index (κ2) is 6.10. The molecule has 0 aliphatic carbocycles. The molecule has 0 heterocycles. The molecule has 2 aromatic carbocycles. The van der Waals surface area contributed by atoms with E-state index in [1.807, 2.05) is 24.3 Å². The van der Waals surface area contributed by atoms with Gasteiger partial charge in [-0.1, -0.05) is 19.1 Å². The van der Waals surface area contributed by atoms with Crippen molar-refractivity contribution in [1.82, 2.24) is 0 Å². The summed E-state index contributed by atoms with van der Waals surface area (Å²) in [4.78, 5) is 12.2. The summed E-state index contributed by atoms with van der Waals surface area (Å²) in [5.41, 5.74) is 8.67. The molecule has 0 saturated heterocycles. The predicted molar refractivity (Wildman–Crippen MR) is 81.2 cm³/mol. The maximum absolute atomic E-state index is 12.2. The van der Waals surface area contributed by atoms with Gasteiger partial charge in [0, 0.05) is 11.3 Å². The van der Waals surface area contributed by atoms with Crippen LogP contribution in [0.4, 0.5) is 11.4 Å². The van der Waals surface area contributed by atoms with Crippen molar-refractivity contribution in [2.75, 3.05) is 18.2 Å². The fourth-order valence-corrected chi connectivity index (χ4v) is 1.91. The molecular weight excluding hydrogens is 252 g/mol. The van der Waals surface area contributed by atoms with E-state index in [1.54, 1.807) is 25.3 Å². The minimum Gasteiger partial charge on any atom is -0.495 e. The summed E-state index contributed by atoms with van der Waals surface area (Å²) in [5.74, 6) is 0.397. The number of nitrogen functional groups attached to an aromatic ring is 1. The number of carbonyl (C=O) groups excluding carboxylic acids is 1. The molecule has 0 bridgehead atoms. The van der Waals surface area contributed by atoms with Crippen LogP contribution in [0.15, 0.2) is 42.5 Å². The first-order valence-electron chi connectivity index (χ1n) is 6.48. The van der Waals surface area contributed by atoms with Crippen LogP contribution in [0.5, 0.6) is 5.75 Å². The van der Waals surface area contributed by atoms with Crippen molar-refractivity contribution in [3.63, 3.8) is 0 Å². The monoisotopic (exact) mass is 270 g/mol. The Morgan fingerprint density at radius 2 is 1.90 bits per heavy atom. The number of ether oxygens (including phenoxy) is 1. The Kier molecular flexibility index (Phi) is 4.25. The van der Waals surface area contributed by atoms with Crippen LogP contribution in [0.1, 0.15) is 22.8 Å². The van der Waals surface area contributed by atoms with Crippen molar-refractivity contribution >= 4 is 17.3 Å². The van der Waals surface area contributed by atoms with Crippen molar-refractivity contribution in [1.29, 1.82) is 0 Å². The standard InChI is InChI=1S/C16H18N2O2/c1-3-11-4-6-12(7-5-11)16(19)18-14-10-13(17)8-9-15(14)20-2/h4-10H,3,17H2,1-2H3,(H,18,19). The first-order valence-corrected chi connectivity index (χ1v) is 6.48. The van der Waals surface area contributed by atoms with Crippen molar-refractivity contribution in [2.45, 2.75) is 13.3 Å². The van der Waals surface area contributed by atoms with Crippen LogP contribution >= 0.6 is 0 Å². The number of amides is 1. The molecule has 0 saturated carbocycles. The molecule has 0 spiro atoms. The first kappa shape index (κ1) is 13.9. The Morgan fingerprint density at radius 3 is 2.50 bits per heavy atom.